The molecule has 2 unspecified atom stereocenters. The van der Waals surface area contributed by atoms with Crippen LogP contribution in [0.15, 0.2) is 30.3 Å². The van der Waals surface area contributed by atoms with E-state index in [9.17, 15) is 14.4 Å². The van der Waals surface area contributed by atoms with E-state index in [0.29, 0.717) is 6.42 Å². The third-order valence-corrected chi connectivity index (χ3v) is 3.85. The normalized spacial score (nSPS) is 13.8. The monoisotopic (exact) mass is 361 g/mol. The highest BCUT2D eigenvalue weighted by Gasteiger charge is 2.29. The first-order chi connectivity index (χ1) is 12.0. The molecule has 26 heavy (non-hydrogen) atoms. The van der Waals surface area contributed by atoms with Gasteiger partial charge in [-0.05, 0) is 45.6 Å². The first-order valence-electron chi connectivity index (χ1n) is 9.07. The Labute approximate surface area is 156 Å². The number of amides is 1. The van der Waals surface area contributed by atoms with E-state index in [2.05, 4.69) is 5.32 Å². The van der Waals surface area contributed by atoms with Crippen LogP contribution in [0.25, 0.3) is 0 Å². The number of benzene rings is 1. The highest BCUT2D eigenvalue weighted by Crippen LogP contribution is 2.24. The Morgan fingerprint density at radius 3 is 2.12 bits per heavy atom. The summed E-state index contributed by atoms with van der Waals surface area (Å²) in [7, 11) is 0. The third-order valence-electron chi connectivity index (χ3n) is 3.85. The van der Waals surface area contributed by atoms with E-state index in [0.717, 1.165) is 5.56 Å². The summed E-state index contributed by atoms with van der Waals surface area (Å²) in [5, 5.41) is 2.67. The molecule has 1 aromatic carbocycles. The van der Waals surface area contributed by atoms with Crippen LogP contribution in [0.1, 0.15) is 65.9 Å². The maximum Gasteiger partial charge on any atom is 0.408 e. The summed E-state index contributed by atoms with van der Waals surface area (Å²) in [6, 6.07) is 8.56. The van der Waals surface area contributed by atoms with Crippen molar-refractivity contribution in [2.24, 2.45) is 5.92 Å². The number of hydrogen-bond donors (Lipinski definition) is 1. The summed E-state index contributed by atoms with van der Waals surface area (Å²) >= 11 is 0. The topological polar surface area (TPSA) is 72.5 Å². The van der Waals surface area contributed by atoms with E-state index < -0.39 is 23.7 Å². The van der Waals surface area contributed by atoms with Gasteiger partial charge in [0.2, 0.25) is 0 Å². The van der Waals surface area contributed by atoms with E-state index in [-0.39, 0.29) is 23.9 Å². The lowest BCUT2D eigenvalue weighted by Gasteiger charge is -2.26. The molecule has 0 bridgehead atoms. The minimum absolute atomic E-state index is 0.0375. The number of nitrogens with one attached hydrogen (secondary N) is 1. The number of carbonyl (C=O) groups is 3. The zero-order valence-electron chi connectivity index (χ0n) is 16.7. The van der Waals surface area contributed by atoms with Crippen LogP contribution in [0.2, 0.25) is 0 Å². The van der Waals surface area contributed by atoms with E-state index >= 15 is 0 Å². The van der Waals surface area contributed by atoms with Gasteiger partial charge in [-0.25, -0.2) is 4.79 Å². The van der Waals surface area contributed by atoms with Gasteiger partial charge in [0.1, 0.15) is 11.4 Å². The van der Waals surface area contributed by atoms with Crippen LogP contribution in [0.5, 0.6) is 0 Å². The summed E-state index contributed by atoms with van der Waals surface area (Å²) in [5.74, 6) is -0.414. The quantitative estimate of drug-likeness (QED) is 0.751. The van der Waals surface area contributed by atoms with Gasteiger partial charge in [0.25, 0.3) is 0 Å². The molecule has 5 nitrogen and oxygen atoms in total. The van der Waals surface area contributed by atoms with Crippen molar-refractivity contribution in [3.05, 3.63) is 35.9 Å². The number of rotatable bonds is 8. The lowest BCUT2D eigenvalue weighted by molar-refractivity contribution is -0.122. The molecule has 0 fully saturated rings. The van der Waals surface area contributed by atoms with Crippen LogP contribution in [-0.2, 0) is 14.3 Å². The molecule has 0 aliphatic rings. The zero-order valence-corrected chi connectivity index (χ0v) is 16.7. The van der Waals surface area contributed by atoms with Crippen LogP contribution in [-0.4, -0.2) is 29.3 Å². The van der Waals surface area contributed by atoms with Gasteiger partial charge in [0.15, 0.2) is 5.78 Å². The molecule has 2 atom stereocenters. The molecular weight excluding hydrogens is 330 g/mol. The van der Waals surface area contributed by atoms with E-state index in [1.54, 1.807) is 20.8 Å². The van der Waals surface area contributed by atoms with Gasteiger partial charge in [-0.1, -0.05) is 44.2 Å². The number of alkyl carbamates (subject to hydrolysis) is 1. The van der Waals surface area contributed by atoms with Gasteiger partial charge in [-0.2, -0.15) is 0 Å². The Morgan fingerprint density at radius 1 is 1.08 bits per heavy atom. The largest absolute Gasteiger partial charge is 0.444 e. The summed E-state index contributed by atoms with van der Waals surface area (Å²) in [6.45, 7) is 10.7. The molecule has 0 aliphatic carbocycles. The van der Waals surface area contributed by atoms with Gasteiger partial charge in [0.05, 0.1) is 6.04 Å². The van der Waals surface area contributed by atoms with Crippen LogP contribution in [0.3, 0.4) is 0 Å². The van der Waals surface area contributed by atoms with Gasteiger partial charge >= 0.3 is 6.09 Å². The van der Waals surface area contributed by atoms with Crippen molar-refractivity contribution in [3.63, 3.8) is 0 Å². The summed E-state index contributed by atoms with van der Waals surface area (Å²) in [6.07, 6.45) is -0.0840. The minimum Gasteiger partial charge on any atom is -0.444 e. The molecule has 0 saturated carbocycles. The molecule has 0 heterocycles. The fourth-order valence-corrected chi connectivity index (χ4v) is 2.72. The van der Waals surface area contributed by atoms with Crippen LogP contribution >= 0.6 is 0 Å². The third kappa shape index (κ3) is 7.81. The molecule has 1 N–H and O–H groups in total. The summed E-state index contributed by atoms with van der Waals surface area (Å²) < 4.78 is 5.28. The lowest BCUT2D eigenvalue weighted by Crippen LogP contribution is -2.45. The van der Waals surface area contributed by atoms with Crippen molar-refractivity contribution >= 4 is 17.7 Å². The molecule has 144 valence electrons. The highest BCUT2D eigenvalue weighted by molar-refractivity contribution is 5.90. The summed E-state index contributed by atoms with van der Waals surface area (Å²) in [4.78, 5) is 37.0. The van der Waals surface area contributed by atoms with Crippen molar-refractivity contribution in [2.45, 2.75) is 71.9 Å². The molecule has 1 amide bonds. The standard InChI is InChI=1S/C21H31NO4/c1-14(2)12-19(24)18(22-20(25)26-21(4,5)6)13-17(15(3)23)16-10-8-7-9-11-16/h7-11,14,17-18H,12-13H2,1-6H3,(H,22,25). The molecule has 1 aromatic rings. The Balaban J connectivity index is 3.00. The van der Waals surface area contributed by atoms with Crippen molar-refractivity contribution in [1.82, 2.24) is 5.32 Å². The molecule has 1 rings (SSSR count). The van der Waals surface area contributed by atoms with E-state index in [1.807, 2.05) is 44.2 Å². The maximum absolute atomic E-state index is 12.7. The number of Topliss-reactive ketones (excluding diaryl/α,β-unsaturated/α-hetero) is 2. The van der Waals surface area contributed by atoms with Crippen LogP contribution < -0.4 is 5.32 Å². The first kappa shape index (κ1) is 21.9. The smallest absolute Gasteiger partial charge is 0.408 e. The van der Waals surface area contributed by atoms with Crippen LogP contribution in [0.4, 0.5) is 4.79 Å². The molecular formula is C21H31NO4. The fraction of sp³-hybridized carbons (Fsp3) is 0.571. The number of carbonyl (C=O) groups excluding carboxylic acids is 3. The number of hydrogen-bond acceptors (Lipinski definition) is 4. The average Bonchev–Trinajstić information content (AvgIpc) is 2.49. The van der Waals surface area contributed by atoms with Gasteiger partial charge < -0.3 is 10.1 Å². The second kappa shape index (κ2) is 9.51. The predicted molar refractivity (Wildman–Crippen MR) is 102 cm³/mol. The second-order valence-corrected chi connectivity index (χ2v) is 8.07. The van der Waals surface area contributed by atoms with Crippen molar-refractivity contribution < 1.29 is 19.1 Å². The molecule has 0 aromatic heterocycles. The zero-order chi connectivity index (χ0) is 19.9. The molecule has 0 saturated heterocycles. The summed E-state index contributed by atoms with van der Waals surface area (Å²) in [5.41, 5.74) is 0.183. The Morgan fingerprint density at radius 2 is 1.65 bits per heavy atom. The Hall–Kier alpha value is -2.17. The predicted octanol–water partition coefficient (Wildman–Crippen LogP) is 4.26. The molecule has 0 spiro atoms. The lowest BCUT2D eigenvalue weighted by atomic mass is 9.86. The number of ether oxygens (including phenoxy) is 1. The van der Waals surface area contributed by atoms with E-state index in [4.69, 9.17) is 4.74 Å². The number of ketones is 2. The SMILES string of the molecule is CC(=O)C(CC(NC(=O)OC(C)(C)C)C(=O)CC(C)C)c1ccccc1. The Bertz CT molecular complexity index is 617. The van der Waals surface area contributed by atoms with Crippen molar-refractivity contribution in [2.75, 3.05) is 0 Å². The maximum atomic E-state index is 12.7. The average molecular weight is 361 g/mol. The van der Waals surface area contributed by atoms with Crippen LogP contribution in [0, 0.1) is 5.92 Å². The van der Waals surface area contributed by atoms with Crippen molar-refractivity contribution in [3.8, 4) is 0 Å². The molecule has 0 radical (unpaired) electrons. The first-order valence-corrected chi connectivity index (χ1v) is 9.07. The van der Waals surface area contributed by atoms with Gasteiger partial charge in [-0.3, -0.25) is 9.59 Å². The second-order valence-electron chi connectivity index (χ2n) is 8.07. The Kier molecular flexibility index (Phi) is 8.00. The van der Waals surface area contributed by atoms with Crippen molar-refractivity contribution in [1.29, 1.82) is 0 Å². The molecule has 0 aliphatic heterocycles. The molecule has 5 heteroatoms. The van der Waals surface area contributed by atoms with Gasteiger partial charge in [-0.15, -0.1) is 0 Å². The highest BCUT2D eigenvalue weighted by atomic mass is 16.6. The fourth-order valence-electron chi connectivity index (χ4n) is 2.72. The van der Waals surface area contributed by atoms with E-state index in [1.165, 1.54) is 6.92 Å². The van der Waals surface area contributed by atoms with Gasteiger partial charge in [0, 0.05) is 12.3 Å². The minimum atomic E-state index is -0.763.